The minimum atomic E-state index is -0.449. The second-order valence-corrected chi connectivity index (χ2v) is 6.52. The second-order valence-electron chi connectivity index (χ2n) is 6.52. The lowest BCUT2D eigenvalue weighted by molar-refractivity contribution is -0.123. The molecule has 2 N–H and O–H groups in total. The summed E-state index contributed by atoms with van der Waals surface area (Å²) in [6.07, 6.45) is 0.941. The van der Waals surface area contributed by atoms with Crippen molar-refractivity contribution in [1.29, 1.82) is 0 Å². The average molecular weight is 370 g/mol. The summed E-state index contributed by atoms with van der Waals surface area (Å²) in [6.45, 7) is 6.54. The molecule has 6 heteroatoms. The number of hydrogen-bond acceptors (Lipinski definition) is 4. The Kier molecular flexibility index (Phi) is 7.67. The summed E-state index contributed by atoms with van der Waals surface area (Å²) in [7, 11) is 0. The first-order valence-electron chi connectivity index (χ1n) is 9.01. The van der Waals surface area contributed by atoms with Crippen molar-refractivity contribution in [2.24, 2.45) is 5.92 Å². The van der Waals surface area contributed by atoms with Gasteiger partial charge in [-0.25, -0.2) is 0 Å². The molecular formula is C21H26N2O4. The molecule has 27 heavy (non-hydrogen) atoms. The molecule has 0 spiro atoms. The summed E-state index contributed by atoms with van der Waals surface area (Å²) in [4.78, 5) is 24.0. The molecular weight excluding hydrogens is 344 g/mol. The SMILES string of the molecule is CCc1ccc(OCC(=O)NNC(=O)c2cccc(OCC(C)C)c2)cc1. The molecule has 2 rings (SSSR count). The summed E-state index contributed by atoms with van der Waals surface area (Å²) < 4.78 is 11.0. The molecule has 0 aromatic heterocycles. The molecule has 2 aromatic carbocycles. The van der Waals surface area contributed by atoms with E-state index in [9.17, 15) is 9.59 Å². The van der Waals surface area contributed by atoms with Crippen molar-refractivity contribution in [1.82, 2.24) is 10.9 Å². The number of amides is 2. The van der Waals surface area contributed by atoms with Gasteiger partial charge in [0.1, 0.15) is 11.5 Å². The molecule has 2 aromatic rings. The van der Waals surface area contributed by atoms with Gasteiger partial charge in [-0.1, -0.05) is 39.0 Å². The summed E-state index contributed by atoms with van der Waals surface area (Å²) in [5.74, 6) is 0.728. The Morgan fingerprint density at radius 3 is 2.37 bits per heavy atom. The molecule has 144 valence electrons. The van der Waals surface area contributed by atoms with Crippen LogP contribution in [0.25, 0.3) is 0 Å². The van der Waals surface area contributed by atoms with Crippen LogP contribution < -0.4 is 20.3 Å². The standard InChI is InChI=1S/C21H26N2O4/c1-4-16-8-10-18(11-9-16)27-14-20(24)22-23-21(25)17-6-5-7-19(12-17)26-13-15(2)3/h5-12,15H,4,13-14H2,1-3H3,(H,22,24)(H,23,25). The summed E-state index contributed by atoms with van der Waals surface area (Å²) in [6, 6.07) is 14.3. The highest BCUT2D eigenvalue weighted by Gasteiger charge is 2.09. The summed E-state index contributed by atoms with van der Waals surface area (Å²) in [5.41, 5.74) is 6.30. The van der Waals surface area contributed by atoms with Crippen LogP contribution in [0.5, 0.6) is 11.5 Å². The van der Waals surface area contributed by atoms with Gasteiger partial charge in [0.15, 0.2) is 6.61 Å². The first-order valence-corrected chi connectivity index (χ1v) is 9.01. The zero-order valence-corrected chi connectivity index (χ0v) is 16.0. The Bertz CT molecular complexity index is 757. The predicted molar refractivity (Wildman–Crippen MR) is 104 cm³/mol. The van der Waals surface area contributed by atoms with Crippen molar-refractivity contribution in [3.8, 4) is 11.5 Å². The van der Waals surface area contributed by atoms with Crippen LogP contribution in [0.4, 0.5) is 0 Å². The number of aryl methyl sites for hydroxylation is 1. The van der Waals surface area contributed by atoms with Gasteiger partial charge in [-0.05, 0) is 48.2 Å². The summed E-state index contributed by atoms with van der Waals surface area (Å²) >= 11 is 0. The third kappa shape index (κ3) is 7.01. The first-order chi connectivity index (χ1) is 13.0. The number of rotatable bonds is 8. The van der Waals surface area contributed by atoms with Crippen molar-refractivity contribution in [3.05, 3.63) is 59.7 Å². The van der Waals surface area contributed by atoms with E-state index in [1.807, 2.05) is 38.1 Å². The average Bonchev–Trinajstić information content (AvgIpc) is 2.69. The number of ether oxygens (including phenoxy) is 2. The molecule has 0 radical (unpaired) electrons. The Balaban J connectivity index is 1.78. The quantitative estimate of drug-likeness (QED) is 0.700. The highest BCUT2D eigenvalue weighted by atomic mass is 16.5. The molecule has 2 amide bonds. The van der Waals surface area contributed by atoms with E-state index in [4.69, 9.17) is 9.47 Å². The van der Waals surface area contributed by atoms with Crippen LogP contribution in [0, 0.1) is 5.92 Å². The monoisotopic (exact) mass is 370 g/mol. The van der Waals surface area contributed by atoms with Gasteiger partial charge < -0.3 is 9.47 Å². The minimum Gasteiger partial charge on any atom is -0.493 e. The molecule has 0 saturated carbocycles. The second kappa shape index (κ2) is 10.2. The van der Waals surface area contributed by atoms with Gasteiger partial charge >= 0.3 is 0 Å². The maximum absolute atomic E-state index is 12.2. The molecule has 0 heterocycles. The van der Waals surface area contributed by atoms with Crippen molar-refractivity contribution < 1.29 is 19.1 Å². The Morgan fingerprint density at radius 1 is 0.963 bits per heavy atom. The molecule has 0 bridgehead atoms. The van der Waals surface area contributed by atoms with Gasteiger partial charge in [-0.3, -0.25) is 20.4 Å². The van der Waals surface area contributed by atoms with E-state index in [1.165, 1.54) is 5.56 Å². The number of carbonyl (C=O) groups excluding carboxylic acids is 2. The van der Waals surface area contributed by atoms with Gasteiger partial charge in [0, 0.05) is 5.56 Å². The van der Waals surface area contributed by atoms with Crippen LogP contribution in [0.3, 0.4) is 0 Å². The van der Waals surface area contributed by atoms with E-state index >= 15 is 0 Å². The molecule has 0 saturated heterocycles. The van der Waals surface area contributed by atoms with Crippen molar-refractivity contribution in [3.63, 3.8) is 0 Å². The van der Waals surface area contributed by atoms with Crippen LogP contribution in [0.1, 0.15) is 36.7 Å². The van der Waals surface area contributed by atoms with Crippen molar-refractivity contribution >= 4 is 11.8 Å². The van der Waals surface area contributed by atoms with Crippen LogP contribution in [0.15, 0.2) is 48.5 Å². The number of nitrogens with one attached hydrogen (secondary N) is 2. The normalized spacial score (nSPS) is 10.4. The molecule has 0 aliphatic rings. The third-order valence-corrected chi connectivity index (χ3v) is 3.70. The van der Waals surface area contributed by atoms with Crippen LogP contribution in [0.2, 0.25) is 0 Å². The Morgan fingerprint density at radius 2 is 1.70 bits per heavy atom. The lowest BCUT2D eigenvalue weighted by Gasteiger charge is -2.11. The van der Waals surface area contributed by atoms with Gasteiger partial charge in [-0.15, -0.1) is 0 Å². The fourth-order valence-electron chi connectivity index (χ4n) is 2.20. The van der Waals surface area contributed by atoms with E-state index in [-0.39, 0.29) is 6.61 Å². The van der Waals surface area contributed by atoms with E-state index in [0.29, 0.717) is 29.6 Å². The maximum Gasteiger partial charge on any atom is 0.276 e. The molecule has 0 aliphatic carbocycles. The minimum absolute atomic E-state index is 0.191. The smallest absolute Gasteiger partial charge is 0.276 e. The maximum atomic E-state index is 12.2. The molecule has 0 unspecified atom stereocenters. The Labute approximate surface area is 159 Å². The van der Waals surface area contributed by atoms with Crippen molar-refractivity contribution in [2.75, 3.05) is 13.2 Å². The summed E-state index contributed by atoms with van der Waals surface area (Å²) in [5, 5.41) is 0. The molecule has 0 fully saturated rings. The zero-order valence-electron chi connectivity index (χ0n) is 16.0. The number of carbonyl (C=O) groups is 2. The zero-order chi connectivity index (χ0) is 19.6. The molecule has 0 aliphatic heterocycles. The topological polar surface area (TPSA) is 76.7 Å². The van der Waals surface area contributed by atoms with Crippen LogP contribution in [-0.2, 0) is 11.2 Å². The van der Waals surface area contributed by atoms with E-state index in [0.717, 1.165) is 6.42 Å². The molecule has 0 atom stereocenters. The van der Waals surface area contributed by atoms with E-state index in [2.05, 4.69) is 17.8 Å². The van der Waals surface area contributed by atoms with Gasteiger partial charge in [0.05, 0.1) is 6.61 Å². The van der Waals surface area contributed by atoms with E-state index in [1.54, 1.807) is 24.3 Å². The fourth-order valence-corrected chi connectivity index (χ4v) is 2.20. The predicted octanol–water partition coefficient (Wildman–Crippen LogP) is 3.12. The highest BCUT2D eigenvalue weighted by Crippen LogP contribution is 2.14. The molecule has 6 nitrogen and oxygen atoms in total. The van der Waals surface area contributed by atoms with Gasteiger partial charge in [0.25, 0.3) is 11.8 Å². The number of hydrogen-bond donors (Lipinski definition) is 2. The highest BCUT2D eigenvalue weighted by molar-refractivity contribution is 5.95. The number of hydrazine groups is 1. The fraction of sp³-hybridized carbons (Fsp3) is 0.333. The lowest BCUT2D eigenvalue weighted by atomic mass is 10.2. The van der Waals surface area contributed by atoms with Crippen LogP contribution >= 0.6 is 0 Å². The first kappa shape index (κ1) is 20.3. The van der Waals surface area contributed by atoms with Crippen LogP contribution in [-0.4, -0.2) is 25.0 Å². The van der Waals surface area contributed by atoms with E-state index < -0.39 is 11.8 Å². The Hall–Kier alpha value is -3.02. The van der Waals surface area contributed by atoms with Gasteiger partial charge in [0.2, 0.25) is 0 Å². The third-order valence-electron chi connectivity index (χ3n) is 3.70. The lowest BCUT2D eigenvalue weighted by Crippen LogP contribution is -2.43. The largest absolute Gasteiger partial charge is 0.493 e. The number of benzene rings is 2. The van der Waals surface area contributed by atoms with Gasteiger partial charge in [-0.2, -0.15) is 0 Å². The van der Waals surface area contributed by atoms with Crippen molar-refractivity contribution in [2.45, 2.75) is 27.2 Å².